The molecule has 0 aliphatic rings. The van der Waals surface area contributed by atoms with Crippen molar-refractivity contribution < 1.29 is 0 Å². The van der Waals surface area contributed by atoms with Gasteiger partial charge in [-0.25, -0.2) is 0 Å². The first-order chi connectivity index (χ1) is 9.60. The minimum atomic E-state index is 0.638. The molecule has 0 fully saturated rings. The molecule has 1 heterocycles. The summed E-state index contributed by atoms with van der Waals surface area (Å²) < 4.78 is 3.30. The van der Waals surface area contributed by atoms with E-state index in [1.54, 1.807) is 6.07 Å². The second-order valence-corrected chi connectivity index (χ2v) is 6.32. The molecule has 0 saturated heterocycles. The number of anilines is 1. The van der Waals surface area contributed by atoms with Crippen LogP contribution in [0.4, 0.5) is 5.69 Å². The molecule has 2 nitrogen and oxygen atoms in total. The van der Waals surface area contributed by atoms with Gasteiger partial charge in [-0.05, 0) is 61.3 Å². The van der Waals surface area contributed by atoms with Crippen molar-refractivity contribution in [2.24, 2.45) is 0 Å². The summed E-state index contributed by atoms with van der Waals surface area (Å²) in [6.07, 6.45) is 0. The number of benzene rings is 2. The SMILES string of the molecule is Cc1cc2cc(NSc3cc(Cl)cc(Cl)c3)ccc2[nH]1. The molecule has 0 atom stereocenters. The van der Waals surface area contributed by atoms with Crippen LogP contribution < -0.4 is 4.72 Å². The van der Waals surface area contributed by atoms with Crippen LogP contribution >= 0.6 is 35.1 Å². The Bertz CT molecular complexity index is 747. The summed E-state index contributed by atoms with van der Waals surface area (Å²) in [6, 6.07) is 13.8. The molecule has 0 aliphatic heterocycles. The summed E-state index contributed by atoms with van der Waals surface area (Å²) in [5, 5.41) is 2.47. The number of hydrogen-bond acceptors (Lipinski definition) is 2. The van der Waals surface area contributed by atoms with Crippen LogP contribution in [-0.4, -0.2) is 4.98 Å². The standard InChI is InChI=1S/C15H12Cl2N2S/c1-9-4-10-5-13(2-3-15(10)18-9)19-20-14-7-11(16)6-12(17)8-14/h2-8,18-19H,1H3. The van der Waals surface area contributed by atoms with Crippen LogP contribution in [-0.2, 0) is 0 Å². The van der Waals surface area contributed by atoms with Crippen molar-refractivity contribution in [1.82, 2.24) is 4.98 Å². The Morgan fingerprint density at radius 1 is 1.00 bits per heavy atom. The number of rotatable bonds is 3. The Labute approximate surface area is 131 Å². The largest absolute Gasteiger partial charge is 0.359 e. The number of H-pyrrole nitrogens is 1. The third kappa shape index (κ3) is 3.06. The first-order valence-corrected chi connectivity index (χ1v) is 7.66. The maximum Gasteiger partial charge on any atom is 0.0457 e. The molecule has 0 unspecified atom stereocenters. The molecule has 3 aromatic rings. The van der Waals surface area contributed by atoms with Crippen LogP contribution in [0.2, 0.25) is 10.0 Å². The molecule has 102 valence electrons. The van der Waals surface area contributed by atoms with E-state index in [9.17, 15) is 0 Å². The van der Waals surface area contributed by atoms with Crippen molar-refractivity contribution in [2.45, 2.75) is 11.8 Å². The number of halogens is 2. The highest BCUT2D eigenvalue weighted by Gasteiger charge is 2.02. The van der Waals surface area contributed by atoms with Gasteiger partial charge in [0, 0.05) is 37.2 Å². The lowest BCUT2D eigenvalue weighted by Gasteiger charge is -2.06. The molecule has 0 aliphatic carbocycles. The first kappa shape index (κ1) is 13.7. The van der Waals surface area contributed by atoms with Crippen molar-refractivity contribution in [3.63, 3.8) is 0 Å². The number of fused-ring (bicyclic) bond motifs is 1. The summed E-state index contributed by atoms with van der Waals surface area (Å²) in [4.78, 5) is 4.28. The summed E-state index contributed by atoms with van der Waals surface area (Å²) in [6.45, 7) is 2.05. The van der Waals surface area contributed by atoms with E-state index in [2.05, 4.69) is 34.8 Å². The Kier molecular flexibility index (Phi) is 3.83. The Morgan fingerprint density at radius 2 is 1.75 bits per heavy atom. The van der Waals surface area contributed by atoms with Gasteiger partial charge in [0.25, 0.3) is 0 Å². The average molecular weight is 323 g/mol. The van der Waals surface area contributed by atoms with Gasteiger partial charge in [-0.15, -0.1) is 0 Å². The van der Waals surface area contributed by atoms with Gasteiger partial charge in [0.15, 0.2) is 0 Å². The zero-order valence-electron chi connectivity index (χ0n) is 10.7. The third-order valence-electron chi connectivity index (χ3n) is 2.88. The molecular formula is C15H12Cl2N2S. The van der Waals surface area contributed by atoms with Crippen molar-refractivity contribution >= 4 is 51.7 Å². The van der Waals surface area contributed by atoms with Crippen LogP contribution in [0.1, 0.15) is 5.69 Å². The molecule has 2 N–H and O–H groups in total. The second kappa shape index (κ2) is 5.60. The third-order valence-corrected chi connectivity index (χ3v) is 4.12. The highest BCUT2D eigenvalue weighted by molar-refractivity contribution is 8.00. The summed E-state index contributed by atoms with van der Waals surface area (Å²) in [7, 11) is 0. The zero-order valence-corrected chi connectivity index (χ0v) is 13.0. The molecule has 0 saturated carbocycles. The van der Waals surface area contributed by atoms with Crippen LogP contribution in [0.15, 0.2) is 47.4 Å². The molecule has 3 rings (SSSR count). The molecule has 20 heavy (non-hydrogen) atoms. The number of hydrogen-bond donors (Lipinski definition) is 2. The summed E-state index contributed by atoms with van der Waals surface area (Å²) >= 11 is 13.5. The van der Waals surface area contributed by atoms with Crippen molar-refractivity contribution in [3.05, 3.63) is 58.2 Å². The lowest BCUT2D eigenvalue weighted by atomic mass is 10.2. The number of aromatic amines is 1. The fourth-order valence-electron chi connectivity index (χ4n) is 2.05. The van der Waals surface area contributed by atoms with Gasteiger partial charge in [-0.3, -0.25) is 0 Å². The molecule has 0 bridgehead atoms. The van der Waals surface area contributed by atoms with Gasteiger partial charge in [0.05, 0.1) is 0 Å². The van der Waals surface area contributed by atoms with Gasteiger partial charge in [0.1, 0.15) is 0 Å². The fourth-order valence-corrected chi connectivity index (χ4v) is 3.44. The van der Waals surface area contributed by atoms with E-state index in [4.69, 9.17) is 23.2 Å². The monoisotopic (exact) mass is 322 g/mol. The van der Waals surface area contributed by atoms with E-state index in [1.807, 2.05) is 18.2 Å². The minimum Gasteiger partial charge on any atom is -0.359 e. The predicted octanol–water partition coefficient (Wildman–Crippen LogP) is 5.90. The van der Waals surface area contributed by atoms with Gasteiger partial charge < -0.3 is 9.71 Å². The predicted molar refractivity (Wildman–Crippen MR) is 89.0 cm³/mol. The summed E-state index contributed by atoms with van der Waals surface area (Å²) in [5.41, 5.74) is 3.34. The van der Waals surface area contributed by atoms with Gasteiger partial charge in [0.2, 0.25) is 0 Å². The van der Waals surface area contributed by atoms with E-state index in [-0.39, 0.29) is 0 Å². The second-order valence-electron chi connectivity index (χ2n) is 4.56. The normalized spacial score (nSPS) is 10.9. The van der Waals surface area contributed by atoms with Crippen LogP contribution in [0.25, 0.3) is 10.9 Å². The van der Waals surface area contributed by atoms with E-state index in [1.165, 1.54) is 17.3 Å². The molecule has 5 heteroatoms. The minimum absolute atomic E-state index is 0.638. The maximum absolute atomic E-state index is 5.98. The van der Waals surface area contributed by atoms with Crippen molar-refractivity contribution in [3.8, 4) is 0 Å². The topological polar surface area (TPSA) is 27.8 Å². The molecule has 2 aromatic carbocycles. The van der Waals surface area contributed by atoms with Crippen molar-refractivity contribution in [1.29, 1.82) is 0 Å². The summed E-state index contributed by atoms with van der Waals surface area (Å²) in [5.74, 6) is 0. The van der Waals surface area contributed by atoms with Gasteiger partial charge in [-0.2, -0.15) is 0 Å². The molecular weight excluding hydrogens is 311 g/mol. The Balaban J connectivity index is 1.79. The lowest BCUT2D eigenvalue weighted by Crippen LogP contribution is -1.86. The molecule has 0 radical (unpaired) electrons. The zero-order chi connectivity index (χ0) is 14.1. The maximum atomic E-state index is 5.98. The number of aryl methyl sites for hydroxylation is 1. The van der Waals surface area contributed by atoms with E-state index in [0.717, 1.165) is 21.8 Å². The van der Waals surface area contributed by atoms with Crippen molar-refractivity contribution in [2.75, 3.05) is 4.72 Å². The Morgan fingerprint density at radius 3 is 2.50 bits per heavy atom. The van der Waals surface area contributed by atoms with Gasteiger partial charge >= 0.3 is 0 Å². The smallest absolute Gasteiger partial charge is 0.0457 e. The molecule has 1 aromatic heterocycles. The Hall–Kier alpha value is -1.29. The lowest BCUT2D eigenvalue weighted by molar-refractivity contribution is 1.30. The molecule has 0 amide bonds. The van der Waals surface area contributed by atoms with Crippen LogP contribution in [0.5, 0.6) is 0 Å². The first-order valence-electron chi connectivity index (χ1n) is 6.08. The number of nitrogens with one attached hydrogen (secondary N) is 2. The molecule has 0 spiro atoms. The van der Waals surface area contributed by atoms with Crippen LogP contribution in [0, 0.1) is 6.92 Å². The van der Waals surface area contributed by atoms with E-state index in [0.29, 0.717) is 10.0 Å². The van der Waals surface area contributed by atoms with E-state index >= 15 is 0 Å². The number of aromatic nitrogens is 1. The van der Waals surface area contributed by atoms with Gasteiger partial charge in [-0.1, -0.05) is 23.2 Å². The highest BCUT2D eigenvalue weighted by atomic mass is 35.5. The quantitative estimate of drug-likeness (QED) is 0.587. The average Bonchev–Trinajstić information content (AvgIpc) is 2.74. The fraction of sp³-hybridized carbons (Fsp3) is 0.0667. The van der Waals surface area contributed by atoms with Crippen LogP contribution in [0.3, 0.4) is 0 Å². The highest BCUT2D eigenvalue weighted by Crippen LogP contribution is 2.28. The van der Waals surface area contributed by atoms with E-state index < -0.39 is 0 Å².